The maximum Gasteiger partial charge on any atom is 0.138 e. The van der Waals surface area contributed by atoms with Gasteiger partial charge in [-0.25, -0.2) is 0 Å². The first-order chi connectivity index (χ1) is 8.54. The molecule has 5 nitrogen and oxygen atoms in total. The molecule has 18 heavy (non-hydrogen) atoms. The van der Waals surface area contributed by atoms with Gasteiger partial charge in [-0.3, -0.25) is 9.88 Å². The highest BCUT2D eigenvalue weighted by Crippen LogP contribution is 2.17. The van der Waals surface area contributed by atoms with Gasteiger partial charge in [0, 0.05) is 24.8 Å². The molecule has 0 bridgehead atoms. The van der Waals surface area contributed by atoms with E-state index in [-0.39, 0.29) is 5.75 Å². The van der Waals surface area contributed by atoms with E-state index in [0.29, 0.717) is 18.8 Å². The van der Waals surface area contributed by atoms with Gasteiger partial charge in [-0.1, -0.05) is 5.16 Å². The quantitative estimate of drug-likeness (QED) is 0.895. The summed E-state index contributed by atoms with van der Waals surface area (Å²) in [6.07, 6.45) is 0. The van der Waals surface area contributed by atoms with Crippen LogP contribution in [-0.4, -0.2) is 27.2 Å². The summed E-state index contributed by atoms with van der Waals surface area (Å²) in [6.45, 7) is 5.00. The van der Waals surface area contributed by atoms with Crippen molar-refractivity contribution in [3.8, 4) is 5.75 Å². The fraction of sp³-hybridized carbons (Fsp3) is 0.385. The SMILES string of the molecule is Cc1ccc(O)c(CN(C)Cc2cc(C)on2)n1. The number of aromatic nitrogens is 2. The molecule has 0 saturated heterocycles. The van der Waals surface area contributed by atoms with E-state index in [1.165, 1.54) is 0 Å². The standard InChI is InChI=1S/C13H17N3O2/c1-9-4-5-13(17)12(14-9)8-16(3)7-11-6-10(2)18-15-11/h4-6,17H,7-8H2,1-3H3. The van der Waals surface area contributed by atoms with E-state index in [9.17, 15) is 5.11 Å². The van der Waals surface area contributed by atoms with Gasteiger partial charge in [0.2, 0.25) is 0 Å². The number of aromatic hydroxyl groups is 1. The number of aryl methyl sites for hydroxylation is 2. The molecule has 5 heteroatoms. The number of hydrogen-bond donors (Lipinski definition) is 1. The van der Waals surface area contributed by atoms with Crippen molar-refractivity contribution in [2.24, 2.45) is 0 Å². The van der Waals surface area contributed by atoms with Crippen molar-refractivity contribution in [3.05, 3.63) is 41.0 Å². The normalized spacial score (nSPS) is 11.1. The zero-order valence-electron chi connectivity index (χ0n) is 10.8. The summed E-state index contributed by atoms with van der Waals surface area (Å²) in [7, 11) is 1.95. The van der Waals surface area contributed by atoms with Crippen LogP contribution in [0.15, 0.2) is 22.7 Å². The Morgan fingerprint density at radius 1 is 1.28 bits per heavy atom. The first-order valence-corrected chi connectivity index (χ1v) is 5.81. The smallest absolute Gasteiger partial charge is 0.138 e. The van der Waals surface area contributed by atoms with Crippen LogP contribution in [0.1, 0.15) is 22.8 Å². The fourth-order valence-electron chi connectivity index (χ4n) is 1.80. The molecule has 0 unspecified atom stereocenters. The second kappa shape index (κ2) is 5.18. The van der Waals surface area contributed by atoms with Crippen molar-refractivity contribution < 1.29 is 9.63 Å². The highest BCUT2D eigenvalue weighted by atomic mass is 16.5. The van der Waals surface area contributed by atoms with Crippen molar-refractivity contribution in [1.82, 2.24) is 15.0 Å². The van der Waals surface area contributed by atoms with E-state index in [1.807, 2.05) is 31.9 Å². The molecule has 0 aromatic carbocycles. The van der Waals surface area contributed by atoms with Gasteiger partial charge in [0.15, 0.2) is 0 Å². The Labute approximate surface area is 106 Å². The number of rotatable bonds is 4. The summed E-state index contributed by atoms with van der Waals surface area (Å²) in [4.78, 5) is 6.35. The molecule has 2 heterocycles. The van der Waals surface area contributed by atoms with Crippen LogP contribution in [0.4, 0.5) is 0 Å². The molecule has 0 spiro atoms. The second-order valence-electron chi connectivity index (χ2n) is 4.52. The minimum absolute atomic E-state index is 0.226. The van der Waals surface area contributed by atoms with Crippen molar-refractivity contribution >= 4 is 0 Å². The molecule has 0 atom stereocenters. The number of pyridine rings is 1. The molecule has 2 aromatic rings. The Bertz CT molecular complexity index is 537. The van der Waals surface area contributed by atoms with E-state index in [4.69, 9.17) is 4.52 Å². The van der Waals surface area contributed by atoms with Crippen LogP contribution in [0.25, 0.3) is 0 Å². The van der Waals surface area contributed by atoms with Gasteiger partial charge in [-0.2, -0.15) is 0 Å². The molecule has 1 N–H and O–H groups in total. The van der Waals surface area contributed by atoms with Crippen LogP contribution in [0.3, 0.4) is 0 Å². The molecule has 0 aliphatic carbocycles. The Kier molecular flexibility index (Phi) is 3.62. The lowest BCUT2D eigenvalue weighted by atomic mass is 10.2. The lowest BCUT2D eigenvalue weighted by molar-refractivity contribution is 0.293. The van der Waals surface area contributed by atoms with Gasteiger partial charge in [0.25, 0.3) is 0 Å². The Morgan fingerprint density at radius 3 is 2.72 bits per heavy atom. The summed E-state index contributed by atoms with van der Waals surface area (Å²) in [5.74, 6) is 1.03. The average Bonchev–Trinajstić information content (AvgIpc) is 2.69. The first kappa shape index (κ1) is 12.6. The molecule has 2 aromatic heterocycles. The largest absolute Gasteiger partial charge is 0.506 e. The lowest BCUT2D eigenvalue weighted by Crippen LogP contribution is -2.18. The molecule has 0 saturated carbocycles. The maximum absolute atomic E-state index is 9.73. The highest BCUT2D eigenvalue weighted by molar-refractivity contribution is 5.27. The van der Waals surface area contributed by atoms with Gasteiger partial charge in [-0.15, -0.1) is 0 Å². The molecule has 96 valence electrons. The Hall–Kier alpha value is -1.88. The van der Waals surface area contributed by atoms with E-state index in [0.717, 1.165) is 17.1 Å². The minimum atomic E-state index is 0.226. The summed E-state index contributed by atoms with van der Waals surface area (Å²) in [5, 5.41) is 13.7. The molecule has 0 amide bonds. The summed E-state index contributed by atoms with van der Waals surface area (Å²) < 4.78 is 5.02. The monoisotopic (exact) mass is 247 g/mol. The third-order valence-corrected chi connectivity index (χ3v) is 2.62. The van der Waals surface area contributed by atoms with Gasteiger partial charge in [-0.05, 0) is 33.0 Å². The van der Waals surface area contributed by atoms with Crippen molar-refractivity contribution in [2.75, 3.05) is 7.05 Å². The Morgan fingerprint density at radius 2 is 2.06 bits per heavy atom. The first-order valence-electron chi connectivity index (χ1n) is 5.81. The van der Waals surface area contributed by atoms with Gasteiger partial charge in [0.1, 0.15) is 11.5 Å². The number of hydrogen-bond acceptors (Lipinski definition) is 5. The summed E-state index contributed by atoms with van der Waals surface area (Å²) >= 11 is 0. The molecule has 2 rings (SSSR count). The van der Waals surface area contributed by atoms with E-state index in [2.05, 4.69) is 10.1 Å². The average molecular weight is 247 g/mol. The van der Waals surface area contributed by atoms with Crippen LogP contribution in [-0.2, 0) is 13.1 Å². The zero-order valence-corrected chi connectivity index (χ0v) is 10.8. The van der Waals surface area contributed by atoms with Crippen molar-refractivity contribution in [1.29, 1.82) is 0 Å². The van der Waals surface area contributed by atoms with E-state index >= 15 is 0 Å². The molecule has 0 fully saturated rings. The van der Waals surface area contributed by atoms with E-state index < -0.39 is 0 Å². The maximum atomic E-state index is 9.73. The molecular weight excluding hydrogens is 230 g/mol. The third-order valence-electron chi connectivity index (χ3n) is 2.62. The lowest BCUT2D eigenvalue weighted by Gasteiger charge is -2.15. The van der Waals surface area contributed by atoms with Gasteiger partial charge in [0.05, 0.1) is 11.4 Å². The Balaban J connectivity index is 2.02. The topological polar surface area (TPSA) is 62.4 Å². The predicted molar refractivity (Wildman–Crippen MR) is 67.0 cm³/mol. The van der Waals surface area contributed by atoms with Crippen LogP contribution in [0.2, 0.25) is 0 Å². The summed E-state index contributed by atoms with van der Waals surface area (Å²) in [5.41, 5.74) is 2.45. The molecule has 0 aliphatic heterocycles. The van der Waals surface area contributed by atoms with Crippen LogP contribution >= 0.6 is 0 Å². The predicted octanol–water partition coefficient (Wildman–Crippen LogP) is 2.02. The van der Waals surface area contributed by atoms with Crippen LogP contribution in [0.5, 0.6) is 5.75 Å². The number of nitrogens with zero attached hydrogens (tertiary/aromatic N) is 3. The van der Waals surface area contributed by atoms with Crippen molar-refractivity contribution in [2.45, 2.75) is 26.9 Å². The second-order valence-corrected chi connectivity index (χ2v) is 4.52. The van der Waals surface area contributed by atoms with Crippen LogP contribution in [0, 0.1) is 13.8 Å². The molecular formula is C13H17N3O2. The molecule has 0 radical (unpaired) electrons. The van der Waals surface area contributed by atoms with E-state index in [1.54, 1.807) is 12.1 Å². The fourth-order valence-corrected chi connectivity index (χ4v) is 1.80. The van der Waals surface area contributed by atoms with Crippen LogP contribution < -0.4 is 0 Å². The summed E-state index contributed by atoms with van der Waals surface area (Å²) in [6, 6.07) is 5.37. The van der Waals surface area contributed by atoms with Gasteiger partial charge >= 0.3 is 0 Å². The zero-order chi connectivity index (χ0) is 13.1. The highest BCUT2D eigenvalue weighted by Gasteiger charge is 2.09. The third kappa shape index (κ3) is 3.07. The van der Waals surface area contributed by atoms with Gasteiger partial charge < -0.3 is 9.63 Å². The van der Waals surface area contributed by atoms with Crippen molar-refractivity contribution in [3.63, 3.8) is 0 Å². The molecule has 0 aliphatic rings. The minimum Gasteiger partial charge on any atom is -0.506 e.